The molecule has 1 rings (SSSR count). The number of nitrogens with two attached hydrogens (primary N) is 1. The van der Waals surface area contributed by atoms with Crippen LogP contribution in [-0.2, 0) is 4.74 Å². The molecular weight excluding hydrogens is 178 g/mol. The molecule has 3 N–H and O–H groups in total. The third-order valence-electron chi connectivity index (χ3n) is 1.94. The number of rotatable bonds is 2. The van der Waals surface area contributed by atoms with Gasteiger partial charge in [0.25, 0.3) is 0 Å². The highest BCUT2D eigenvalue weighted by molar-refractivity contribution is 4.69. The highest BCUT2D eigenvalue weighted by Crippen LogP contribution is 2.19. The Kier molecular flexibility index (Phi) is 7.15. The number of hydrogen-bond acceptors (Lipinski definition) is 3. The van der Waals surface area contributed by atoms with E-state index in [0.717, 1.165) is 19.6 Å². The van der Waals surface area contributed by atoms with E-state index in [1.54, 1.807) is 0 Å². The Bertz CT molecular complexity index is 120. The standard InChI is InChI=1S/C7H17NO.C4H8O/c1-7(2,3)4-6(8)5-9;1-2-4-5-3-1/h6,9H,4-5,8H2,1-3H3;1-4H2/t6-;/m0./s1. The summed E-state index contributed by atoms with van der Waals surface area (Å²) in [5.41, 5.74) is 5.75. The molecule has 0 saturated carbocycles. The fourth-order valence-electron chi connectivity index (χ4n) is 1.36. The van der Waals surface area contributed by atoms with E-state index in [0.29, 0.717) is 0 Å². The van der Waals surface area contributed by atoms with Gasteiger partial charge in [-0.25, -0.2) is 0 Å². The Labute approximate surface area is 87.6 Å². The van der Waals surface area contributed by atoms with Gasteiger partial charge in [-0.2, -0.15) is 0 Å². The topological polar surface area (TPSA) is 55.5 Å². The zero-order valence-electron chi connectivity index (χ0n) is 9.75. The van der Waals surface area contributed by atoms with Crippen molar-refractivity contribution in [2.24, 2.45) is 11.1 Å². The van der Waals surface area contributed by atoms with Gasteiger partial charge in [0.1, 0.15) is 0 Å². The summed E-state index contributed by atoms with van der Waals surface area (Å²) in [5.74, 6) is 0. The van der Waals surface area contributed by atoms with Crippen molar-refractivity contribution in [3.63, 3.8) is 0 Å². The van der Waals surface area contributed by atoms with E-state index < -0.39 is 0 Å². The fraction of sp³-hybridized carbons (Fsp3) is 1.00. The van der Waals surface area contributed by atoms with Gasteiger partial charge < -0.3 is 15.6 Å². The van der Waals surface area contributed by atoms with E-state index >= 15 is 0 Å². The summed E-state index contributed by atoms with van der Waals surface area (Å²) >= 11 is 0. The van der Waals surface area contributed by atoms with Crippen LogP contribution in [0.25, 0.3) is 0 Å². The monoisotopic (exact) mass is 203 g/mol. The second-order valence-electron chi connectivity index (χ2n) is 5.03. The number of aliphatic hydroxyl groups is 1. The van der Waals surface area contributed by atoms with Crippen LogP contribution in [0.5, 0.6) is 0 Å². The lowest BCUT2D eigenvalue weighted by Crippen LogP contribution is -2.29. The maximum absolute atomic E-state index is 8.57. The molecule has 1 fully saturated rings. The lowest BCUT2D eigenvalue weighted by atomic mass is 9.89. The Balaban J connectivity index is 0.000000280. The summed E-state index contributed by atoms with van der Waals surface area (Å²) in [6.45, 7) is 8.44. The molecule has 1 aliphatic heterocycles. The molecule has 1 aliphatic rings. The largest absolute Gasteiger partial charge is 0.395 e. The molecule has 3 heteroatoms. The van der Waals surface area contributed by atoms with Gasteiger partial charge in [-0.05, 0) is 24.7 Å². The first-order valence-corrected chi connectivity index (χ1v) is 5.40. The molecule has 1 heterocycles. The molecule has 0 aliphatic carbocycles. The van der Waals surface area contributed by atoms with Crippen molar-refractivity contribution < 1.29 is 9.84 Å². The third-order valence-corrected chi connectivity index (χ3v) is 1.94. The van der Waals surface area contributed by atoms with Crippen molar-refractivity contribution in [1.82, 2.24) is 0 Å². The van der Waals surface area contributed by atoms with Gasteiger partial charge in [0, 0.05) is 19.3 Å². The molecule has 0 unspecified atom stereocenters. The minimum atomic E-state index is -0.0509. The Morgan fingerprint density at radius 2 is 1.79 bits per heavy atom. The number of aliphatic hydroxyl groups excluding tert-OH is 1. The van der Waals surface area contributed by atoms with Gasteiger partial charge in [-0.15, -0.1) is 0 Å². The molecule has 0 radical (unpaired) electrons. The van der Waals surface area contributed by atoms with Gasteiger partial charge in [-0.3, -0.25) is 0 Å². The Morgan fingerprint density at radius 1 is 1.29 bits per heavy atom. The Morgan fingerprint density at radius 3 is 1.93 bits per heavy atom. The van der Waals surface area contributed by atoms with Crippen molar-refractivity contribution in [3.05, 3.63) is 0 Å². The van der Waals surface area contributed by atoms with Crippen LogP contribution in [0.1, 0.15) is 40.0 Å². The Hall–Kier alpha value is -0.120. The van der Waals surface area contributed by atoms with E-state index in [1.807, 2.05) is 0 Å². The maximum Gasteiger partial charge on any atom is 0.0582 e. The first-order valence-electron chi connectivity index (χ1n) is 5.40. The quantitative estimate of drug-likeness (QED) is 0.715. The summed E-state index contributed by atoms with van der Waals surface area (Å²) in [6, 6.07) is -0.0509. The SMILES string of the molecule is C1CCOC1.CC(C)(C)C[C@H](N)CO. The average molecular weight is 203 g/mol. The first kappa shape index (κ1) is 13.9. The van der Waals surface area contributed by atoms with E-state index in [9.17, 15) is 0 Å². The maximum atomic E-state index is 8.57. The molecule has 0 aromatic rings. The summed E-state index contributed by atoms with van der Waals surface area (Å²) in [6.07, 6.45) is 3.43. The van der Waals surface area contributed by atoms with Crippen LogP contribution < -0.4 is 5.73 Å². The second kappa shape index (κ2) is 7.21. The van der Waals surface area contributed by atoms with Crippen LogP contribution in [-0.4, -0.2) is 31.0 Å². The zero-order chi connectivity index (χ0) is 11.0. The predicted octanol–water partition coefficient (Wildman–Crippen LogP) is 1.54. The lowest BCUT2D eigenvalue weighted by molar-refractivity contribution is 0.198. The molecule has 1 saturated heterocycles. The fourth-order valence-corrected chi connectivity index (χ4v) is 1.36. The van der Waals surface area contributed by atoms with Crippen LogP contribution >= 0.6 is 0 Å². The van der Waals surface area contributed by atoms with Crippen molar-refractivity contribution in [2.45, 2.75) is 46.1 Å². The molecular formula is C11H25NO2. The van der Waals surface area contributed by atoms with Gasteiger partial charge in [0.05, 0.1) is 6.61 Å². The van der Waals surface area contributed by atoms with Crippen LogP contribution in [0.15, 0.2) is 0 Å². The van der Waals surface area contributed by atoms with E-state index in [1.165, 1.54) is 12.8 Å². The van der Waals surface area contributed by atoms with Crippen molar-refractivity contribution in [3.8, 4) is 0 Å². The third kappa shape index (κ3) is 9.96. The normalized spacial score (nSPS) is 18.6. The van der Waals surface area contributed by atoms with Gasteiger partial charge in [-0.1, -0.05) is 20.8 Å². The number of ether oxygens (including phenoxy) is 1. The van der Waals surface area contributed by atoms with Crippen molar-refractivity contribution >= 4 is 0 Å². The molecule has 0 spiro atoms. The summed E-state index contributed by atoms with van der Waals surface area (Å²) in [4.78, 5) is 0. The molecule has 1 atom stereocenters. The van der Waals surface area contributed by atoms with Crippen LogP contribution in [0, 0.1) is 5.41 Å². The molecule has 0 aromatic heterocycles. The minimum absolute atomic E-state index is 0.0509. The average Bonchev–Trinajstić information content (AvgIpc) is 2.57. The predicted molar refractivity (Wildman–Crippen MR) is 59.2 cm³/mol. The molecule has 14 heavy (non-hydrogen) atoms. The van der Waals surface area contributed by atoms with Crippen LogP contribution in [0.3, 0.4) is 0 Å². The first-order chi connectivity index (χ1) is 6.45. The summed E-state index contributed by atoms with van der Waals surface area (Å²) in [7, 11) is 0. The van der Waals surface area contributed by atoms with E-state index in [4.69, 9.17) is 15.6 Å². The van der Waals surface area contributed by atoms with E-state index in [-0.39, 0.29) is 18.1 Å². The lowest BCUT2D eigenvalue weighted by Gasteiger charge is -2.21. The van der Waals surface area contributed by atoms with Crippen molar-refractivity contribution in [1.29, 1.82) is 0 Å². The summed E-state index contributed by atoms with van der Waals surface area (Å²) < 4.78 is 4.94. The smallest absolute Gasteiger partial charge is 0.0582 e. The van der Waals surface area contributed by atoms with Crippen molar-refractivity contribution in [2.75, 3.05) is 19.8 Å². The van der Waals surface area contributed by atoms with Gasteiger partial charge >= 0.3 is 0 Å². The molecule has 86 valence electrons. The molecule has 0 amide bonds. The number of hydrogen-bond donors (Lipinski definition) is 2. The van der Waals surface area contributed by atoms with Crippen LogP contribution in [0.2, 0.25) is 0 Å². The van der Waals surface area contributed by atoms with E-state index in [2.05, 4.69) is 20.8 Å². The zero-order valence-corrected chi connectivity index (χ0v) is 9.75. The van der Waals surface area contributed by atoms with Gasteiger partial charge in [0.2, 0.25) is 0 Å². The van der Waals surface area contributed by atoms with Gasteiger partial charge in [0.15, 0.2) is 0 Å². The highest BCUT2D eigenvalue weighted by Gasteiger charge is 2.14. The molecule has 0 aromatic carbocycles. The van der Waals surface area contributed by atoms with Crippen LogP contribution in [0.4, 0.5) is 0 Å². The minimum Gasteiger partial charge on any atom is -0.395 e. The highest BCUT2D eigenvalue weighted by atomic mass is 16.5. The second-order valence-corrected chi connectivity index (χ2v) is 5.03. The molecule has 0 bridgehead atoms. The molecule has 3 nitrogen and oxygen atoms in total. The summed E-state index contributed by atoms with van der Waals surface area (Å²) in [5, 5.41) is 8.57.